The maximum Gasteiger partial charge on any atom is 0.279 e. The number of benzene rings is 1. The monoisotopic (exact) mass is 386 g/mol. The van der Waals surface area contributed by atoms with Crippen LogP contribution in [0.2, 0.25) is 15.1 Å². The zero-order chi connectivity index (χ0) is 17.3. The summed E-state index contributed by atoms with van der Waals surface area (Å²) in [4.78, 5) is 13.7. The molecule has 0 radical (unpaired) electrons. The third-order valence-electron chi connectivity index (χ3n) is 4.48. The van der Waals surface area contributed by atoms with E-state index >= 15 is 0 Å². The lowest BCUT2D eigenvalue weighted by atomic mass is 10.1. The van der Waals surface area contributed by atoms with E-state index in [0.29, 0.717) is 33.3 Å². The van der Waals surface area contributed by atoms with E-state index in [-0.39, 0.29) is 5.91 Å². The normalized spacial score (nSPS) is 20.3. The number of likely N-dealkylation sites (tertiary alicyclic amines) is 1. The number of carbonyl (C=O) groups excluding carboxylic acids is 1. The van der Waals surface area contributed by atoms with Gasteiger partial charge in [0, 0.05) is 31.1 Å². The van der Waals surface area contributed by atoms with Crippen molar-refractivity contribution < 1.29 is 9.69 Å². The van der Waals surface area contributed by atoms with Crippen LogP contribution in [0.4, 0.5) is 5.69 Å². The Balaban J connectivity index is 1.70. The molecule has 1 amide bonds. The summed E-state index contributed by atoms with van der Waals surface area (Å²) >= 11 is 18.2. The van der Waals surface area contributed by atoms with E-state index in [2.05, 4.69) is 16.0 Å². The molecule has 2 atom stereocenters. The molecule has 1 fully saturated rings. The first-order valence-electron chi connectivity index (χ1n) is 7.86. The molecule has 128 valence electrons. The molecule has 1 unspecified atom stereocenters. The van der Waals surface area contributed by atoms with Gasteiger partial charge in [-0.1, -0.05) is 34.8 Å². The molecule has 2 aromatic rings. The lowest BCUT2D eigenvalue weighted by Gasteiger charge is -2.22. The van der Waals surface area contributed by atoms with Gasteiger partial charge in [-0.3, -0.25) is 4.79 Å². The van der Waals surface area contributed by atoms with Gasteiger partial charge >= 0.3 is 0 Å². The molecule has 7 heteroatoms. The highest BCUT2D eigenvalue weighted by Gasteiger charge is 2.33. The molecule has 24 heavy (non-hydrogen) atoms. The summed E-state index contributed by atoms with van der Waals surface area (Å²) in [6.45, 7) is 1.36. The molecule has 0 spiro atoms. The molecule has 3 rings (SSSR count). The molecule has 2 heterocycles. The Hall–Kier alpha value is -1.20. The predicted octanol–water partition coefficient (Wildman–Crippen LogP) is 3.34. The molecular formula is C17H19Cl3N3O+. The van der Waals surface area contributed by atoms with Crippen molar-refractivity contribution >= 4 is 46.4 Å². The summed E-state index contributed by atoms with van der Waals surface area (Å²) in [6.07, 6.45) is 4.24. The molecule has 4 nitrogen and oxygen atoms in total. The van der Waals surface area contributed by atoms with Crippen LogP contribution in [-0.4, -0.2) is 23.6 Å². The van der Waals surface area contributed by atoms with Crippen molar-refractivity contribution in [1.29, 1.82) is 0 Å². The Bertz CT molecular complexity index is 736. The van der Waals surface area contributed by atoms with E-state index in [4.69, 9.17) is 34.8 Å². The minimum absolute atomic E-state index is 0.0998. The van der Waals surface area contributed by atoms with Crippen LogP contribution in [-0.2, 0) is 11.8 Å². The number of carbonyl (C=O) groups is 1. The molecule has 0 bridgehead atoms. The number of aryl methyl sites for hydroxylation is 1. The number of hydrogen-bond donors (Lipinski definition) is 2. The molecule has 0 saturated carbocycles. The molecule has 1 saturated heterocycles. The Morgan fingerprint density at radius 2 is 2.04 bits per heavy atom. The van der Waals surface area contributed by atoms with Crippen LogP contribution in [0.5, 0.6) is 0 Å². The van der Waals surface area contributed by atoms with E-state index in [1.807, 2.05) is 19.3 Å². The summed E-state index contributed by atoms with van der Waals surface area (Å²) in [7, 11) is 2.04. The summed E-state index contributed by atoms with van der Waals surface area (Å²) in [5.74, 6) is -0.0998. The van der Waals surface area contributed by atoms with E-state index in [9.17, 15) is 4.79 Å². The van der Waals surface area contributed by atoms with Gasteiger partial charge in [0.25, 0.3) is 5.91 Å². The Morgan fingerprint density at radius 1 is 1.33 bits per heavy atom. The fourth-order valence-electron chi connectivity index (χ4n) is 3.37. The van der Waals surface area contributed by atoms with Crippen molar-refractivity contribution in [3.05, 3.63) is 51.2 Å². The van der Waals surface area contributed by atoms with Gasteiger partial charge in [0.1, 0.15) is 6.04 Å². The van der Waals surface area contributed by atoms with Gasteiger partial charge in [-0.05, 0) is 24.3 Å². The third kappa shape index (κ3) is 3.72. The molecule has 1 aromatic heterocycles. The fraction of sp³-hybridized carbons (Fsp3) is 0.353. The number of anilines is 1. The Labute approximate surface area is 156 Å². The lowest BCUT2D eigenvalue weighted by Crippen LogP contribution is -3.11. The van der Waals surface area contributed by atoms with Gasteiger partial charge in [0.05, 0.1) is 28.0 Å². The molecule has 0 aliphatic carbocycles. The smallest absolute Gasteiger partial charge is 0.279 e. The number of quaternary nitrogens is 1. The highest BCUT2D eigenvalue weighted by molar-refractivity contribution is 6.42. The van der Waals surface area contributed by atoms with Gasteiger partial charge in [-0.15, -0.1) is 0 Å². The zero-order valence-electron chi connectivity index (χ0n) is 13.3. The lowest BCUT2D eigenvalue weighted by molar-refractivity contribution is -0.910. The summed E-state index contributed by atoms with van der Waals surface area (Å²) in [5, 5.41) is 3.95. The molecular weight excluding hydrogens is 369 g/mol. The van der Waals surface area contributed by atoms with Gasteiger partial charge in [-0.2, -0.15) is 0 Å². The Morgan fingerprint density at radius 3 is 2.67 bits per heavy atom. The zero-order valence-corrected chi connectivity index (χ0v) is 15.5. The first-order valence-corrected chi connectivity index (χ1v) is 8.99. The second-order valence-corrected chi connectivity index (χ2v) is 7.37. The third-order valence-corrected chi connectivity index (χ3v) is 5.30. The van der Waals surface area contributed by atoms with Gasteiger partial charge in [0.2, 0.25) is 0 Å². The SMILES string of the molecule is Cn1cccc1[C@@H]1CCC[NH+]1CC(=O)Nc1c(Cl)cc(Cl)cc1Cl. The first kappa shape index (κ1) is 17.6. The number of nitrogens with one attached hydrogen (secondary N) is 2. The van der Waals surface area contributed by atoms with Crippen molar-refractivity contribution in [2.75, 3.05) is 18.4 Å². The highest BCUT2D eigenvalue weighted by Crippen LogP contribution is 2.33. The quantitative estimate of drug-likeness (QED) is 0.829. The van der Waals surface area contributed by atoms with Gasteiger partial charge in [-0.25, -0.2) is 0 Å². The number of nitrogens with zero attached hydrogens (tertiary/aromatic N) is 1. The van der Waals surface area contributed by atoms with Gasteiger partial charge in [0.15, 0.2) is 6.54 Å². The van der Waals surface area contributed by atoms with Crippen LogP contribution < -0.4 is 10.2 Å². The van der Waals surface area contributed by atoms with Crippen LogP contribution in [0, 0.1) is 0 Å². The second kappa shape index (κ2) is 7.36. The molecule has 1 aliphatic heterocycles. The number of amides is 1. The van der Waals surface area contributed by atoms with Crippen LogP contribution >= 0.6 is 34.8 Å². The van der Waals surface area contributed by atoms with Crippen molar-refractivity contribution in [3.8, 4) is 0 Å². The van der Waals surface area contributed by atoms with Crippen LogP contribution in [0.15, 0.2) is 30.5 Å². The summed E-state index contributed by atoms with van der Waals surface area (Å²) in [6, 6.07) is 7.64. The average Bonchev–Trinajstić information content (AvgIpc) is 3.11. The molecule has 2 N–H and O–H groups in total. The maximum atomic E-state index is 12.5. The minimum Gasteiger partial charge on any atom is -0.350 e. The summed E-state index contributed by atoms with van der Waals surface area (Å²) in [5.41, 5.74) is 1.68. The maximum absolute atomic E-state index is 12.5. The van der Waals surface area contributed by atoms with E-state index in [0.717, 1.165) is 19.4 Å². The first-order chi connectivity index (χ1) is 11.5. The van der Waals surface area contributed by atoms with E-state index in [1.165, 1.54) is 10.6 Å². The largest absolute Gasteiger partial charge is 0.350 e. The van der Waals surface area contributed by atoms with Crippen molar-refractivity contribution in [1.82, 2.24) is 4.57 Å². The standard InChI is InChI=1S/C17H18Cl3N3O/c1-22-6-2-4-14(22)15-5-3-7-23(15)10-16(24)21-17-12(19)8-11(18)9-13(17)20/h2,4,6,8-9,15H,3,5,7,10H2,1H3,(H,21,24)/p+1/t15-/m0/s1. The van der Waals surface area contributed by atoms with E-state index < -0.39 is 0 Å². The van der Waals surface area contributed by atoms with Crippen LogP contribution in [0.1, 0.15) is 24.6 Å². The highest BCUT2D eigenvalue weighted by atomic mass is 35.5. The predicted molar refractivity (Wildman–Crippen MR) is 98.2 cm³/mol. The average molecular weight is 388 g/mol. The molecule has 1 aromatic carbocycles. The van der Waals surface area contributed by atoms with Crippen molar-refractivity contribution in [2.45, 2.75) is 18.9 Å². The number of aromatic nitrogens is 1. The molecule has 1 aliphatic rings. The fourth-order valence-corrected chi connectivity index (χ4v) is 4.28. The number of hydrogen-bond acceptors (Lipinski definition) is 1. The summed E-state index contributed by atoms with van der Waals surface area (Å²) < 4.78 is 2.13. The Kier molecular flexibility index (Phi) is 5.40. The second-order valence-electron chi connectivity index (χ2n) is 6.12. The van der Waals surface area contributed by atoms with Crippen molar-refractivity contribution in [3.63, 3.8) is 0 Å². The van der Waals surface area contributed by atoms with Crippen LogP contribution in [0.25, 0.3) is 0 Å². The van der Waals surface area contributed by atoms with Crippen molar-refractivity contribution in [2.24, 2.45) is 7.05 Å². The van der Waals surface area contributed by atoms with Crippen LogP contribution in [0.3, 0.4) is 0 Å². The number of halogens is 3. The minimum atomic E-state index is -0.0998. The number of rotatable bonds is 4. The topological polar surface area (TPSA) is 38.5 Å². The van der Waals surface area contributed by atoms with Gasteiger partial charge < -0.3 is 14.8 Å². The van der Waals surface area contributed by atoms with E-state index in [1.54, 1.807) is 12.1 Å².